The molecule has 1 nitrogen and oxygen atoms in total. The first-order valence-electron chi connectivity index (χ1n) is 10.0. The number of benzene rings is 1. The van der Waals surface area contributed by atoms with Crippen LogP contribution in [-0.4, -0.2) is 0 Å². The van der Waals surface area contributed by atoms with E-state index in [0.29, 0.717) is 5.92 Å². The Morgan fingerprint density at radius 2 is 1.78 bits per heavy atom. The number of aryl methyl sites for hydroxylation is 1. The van der Waals surface area contributed by atoms with Gasteiger partial charge in [0.25, 0.3) is 0 Å². The van der Waals surface area contributed by atoms with Gasteiger partial charge in [-0.1, -0.05) is 90.0 Å². The van der Waals surface area contributed by atoms with Gasteiger partial charge in [0.05, 0.1) is 0 Å². The van der Waals surface area contributed by atoms with Gasteiger partial charge in [0, 0.05) is 5.54 Å². The van der Waals surface area contributed by atoms with Gasteiger partial charge in [-0.25, -0.2) is 0 Å². The van der Waals surface area contributed by atoms with Gasteiger partial charge in [-0.2, -0.15) is 0 Å². The first-order valence-corrected chi connectivity index (χ1v) is 10.0. The lowest BCUT2D eigenvalue weighted by Crippen LogP contribution is -2.49. The van der Waals surface area contributed by atoms with Gasteiger partial charge in [-0.15, -0.1) is 0 Å². The third-order valence-corrected chi connectivity index (χ3v) is 6.19. The van der Waals surface area contributed by atoms with E-state index in [1.54, 1.807) is 0 Å². The summed E-state index contributed by atoms with van der Waals surface area (Å²) in [4.78, 5) is 0. The molecule has 0 amide bonds. The maximum absolute atomic E-state index is 6.99. The highest BCUT2D eigenvalue weighted by Crippen LogP contribution is 2.44. The van der Waals surface area contributed by atoms with Crippen LogP contribution in [0.25, 0.3) is 0 Å². The van der Waals surface area contributed by atoms with Crippen LogP contribution in [0.5, 0.6) is 0 Å². The second-order valence-corrected chi connectivity index (χ2v) is 7.73. The summed E-state index contributed by atoms with van der Waals surface area (Å²) in [5.41, 5.74) is 9.78. The summed E-state index contributed by atoms with van der Waals surface area (Å²) in [5.74, 6) is 1.37. The van der Waals surface area contributed by atoms with Crippen molar-refractivity contribution in [2.45, 2.75) is 90.5 Å². The number of fused-ring (bicyclic) bond motifs is 1. The SMILES string of the molecule is CCCCCCCCC(C)C1CCc2ccccc2C1(N)CC. The first kappa shape index (κ1) is 18.5. The third-order valence-electron chi connectivity index (χ3n) is 6.19. The maximum Gasteiger partial charge on any atom is 0.0440 e. The second-order valence-electron chi connectivity index (χ2n) is 7.73. The molecule has 23 heavy (non-hydrogen) atoms. The molecular formula is C22H37N. The van der Waals surface area contributed by atoms with E-state index in [2.05, 4.69) is 45.0 Å². The van der Waals surface area contributed by atoms with E-state index in [4.69, 9.17) is 5.73 Å². The molecule has 1 aromatic rings. The Bertz CT molecular complexity index is 467. The van der Waals surface area contributed by atoms with E-state index < -0.39 is 0 Å². The fourth-order valence-electron chi connectivity index (χ4n) is 4.65. The zero-order valence-corrected chi connectivity index (χ0v) is 15.6. The van der Waals surface area contributed by atoms with Gasteiger partial charge in [0.1, 0.15) is 0 Å². The van der Waals surface area contributed by atoms with E-state index in [1.807, 2.05) is 0 Å². The predicted octanol–water partition coefficient (Wildman–Crippen LogP) is 6.20. The Kier molecular flexibility index (Phi) is 7.14. The van der Waals surface area contributed by atoms with Gasteiger partial charge in [-0.05, 0) is 42.2 Å². The number of nitrogens with two attached hydrogens (primary N) is 1. The molecule has 0 fully saturated rings. The molecule has 0 saturated heterocycles. The highest BCUT2D eigenvalue weighted by molar-refractivity contribution is 5.37. The van der Waals surface area contributed by atoms with E-state index >= 15 is 0 Å². The van der Waals surface area contributed by atoms with E-state index in [0.717, 1.165) is 12.3 Å². The normalized spacial score (nSPS) is 25.1. The average molecular weight is 316 g/mol. The van der Waals surface area contributed by atoms with E-state index in [1.165, 1.54) is 68.9 Å². The van der Waals surface area contributed by atoms with Gasteiger partial charge in [-0.3, -0.25) is 0 Å². The Hall–Kier alpha value is -0.820. The van der Waals surface area contributed by atoms with Gasteiger partial charge >= 0.3 is 0 Å². The van der Waals surface area contributed by atoms with Crippen LogP contribution >= 0.6 is 0 Å². The van der Waals surface area contributed by atoms with Crippen LogP contribution in [0.3, 0.4) is 0 Å². The molecule has 3 unspecified atom stereocenters. The van der Waals surface area contributed by atoms with Crippen LogP contribution in [0.4, 0.5) is 0 Å². The zero-order chi connectivity index (χ0) is 16.7. The molecule has 0 radical (unpaired) electrons. The monoisotopic (exact) mass is 315 g/mol. The van der Waals surface area contributed by atoms with Crippen molar-refractivity contribution in [2.24, 2.45) is 17.6 Å². The lowest BCUT2D eigenvalue weighted by molar-refractivity contribution is 0.154. The fraction of sp³-hybridized carbons (Fsp3) is 0.727. The topological polar surface area (TPSA) is 26.0 Å². The summed E-state index contributed by atoms with van der Waals surface area (Å²) < 4.78 is 0. The Morgan fingerprint density at radius 3 is 2.52 bits per heavy atom. The van der Waals surface area contributed by atoms with Crippen LogP contribution < -0.4 is 5.73 Å². The van der Waals surface area contributed by atoms with Crippen molar-refractivity contribution in [1.82, 2.24) is 0 Å². The predicted molar refractivity (Wildman–Crippen MR) is 102 cm³/mol. The number of unbranched alkanes of at least 4 members (excludes halogenated alkanes) is 5. The summed E-state index contributed by atoms with van der Waals surface area (Å²) in [6.45, 7) is 7.00. The van der Waals surface area contributed by atoms with Crippen LogP contribution in [0, 0.1) is 11.8 Å². The molecule has 1 heteroatoms. The van der Waals surface area contributed by atoms with Gasteiger partial charge in [0.2, 0.25) is 0 Å². The average Bonchev–Trinajstić information content (AvgIpc) is 2.58. The quantitative estimate of drug-likeness (QED) is 0.539. The molecule has 0 bridgehead atoms. The van der Waals surface area contributed by atoms with Crippen molar-refractivity contribution in [1.29, 1.82) is 0 Å². The van der Waals surface area contributed by atoms with Gasteiger partial charge < -0.3 is 5.73 Å². The second kappa shape index (κ2) is 8.87. The molecule has 0 aromatic heterocycles. The summed E-state index contributed by atoms with van der Waals surface area (Å²) in [6.07, 6.45) is 13.2. The number of hydrogen-bond donors (Lipinski definition) is 1. The Balaban J connectivity index is 1.94. The number of hydrogen-bond acceptors (Lipinski definition) is 1. The zero-order valence-electron chi connectivity index (χ0n) is 15.6. The lowest BCUT2D eigenvalue weighted by Gasteiger charge is -2.45. The molecule has 2 rings (SSSR count). The highest BCUT2D eigenvalue weighted by Gasteiger charge is 2.41. The molecule has 3 atom stereocenters. The van der Waals surface area contributed by atoms with Crippen LogP contribution in [0.1, 0.15) is 89.7 Å². The van der Waals surface area contributed by atoms with Crippen LogP contribution in [0.15, 0.2) is 24.3 Å². The highest BCUT2D eigenvalue weighted by atomic mass is 14.8. The first-order chi connectivity index (χ1) is 11.1. The maximum atomic E-state index is 6.99. The minimum Gasteiger partial charge on any atom is -0.321 e. The summed E-state index contributed by atoms with van der Waals surface area (Å²) in [5, 5.41) is 0. The van der Waals surface area contributed by atoms with E-state index in [9.17, 15) is 0 Å². The van der Waals surface area contributed by atoms with E-state index in [-0.39, 0.29) is 5.54 Å². The van der Waals surface area contributed by atoms with Crippen molar-refractivity contribution < 1.29 is 0 Å². The minimum atomic E-state index is -0.115. The Labute approximate surface area is 144 Å². The molecule has 0 aliphatic heterocycles. The largest absolute Gasteiger partial charge is 0.321 e. The fourth-order valence-corrected chi connectivity index (χ4v) is 4.65. The summed E-state index contributed by atoms with van der Waals surface area (Å²) in [7, 11) is 0. The van der Waals surface area contributed by atoms with Crippen molar-refractivity contribution >= 4 is 0 Å². The van der Waals surface area contributed by atoms with Gasteiger partial charge in [0.15, 0.2) is 0 Å². The molecule has 1 aromatic carbocycles. The van der Waals surface area contributed by atoms with Crippen molar-refractivity contribution in [3.8, 4) is 0 Å². The molecule has 0 saturated carbocycles. The molecule has 2 N–H and O–H groups in total. The molecular weight excluding hydrogens is 278 g/mol. The third kappa shape index (κ3) is 4.38. The standard InChI is InChI=1S/C22H37N/c1-4-6-7-8-9-10-13-18(3)20-17-16-19-14-11-12-15-21(19)22(20,23)5-2/h11-12,14-15,18,20H,4-10,13,16-17,23H2,1-3H3. The molecule has 0 heterocycles. The van der Waals surface area contributed by atoms with Crippen molar-refractivity contribution in [3.63, 3.8) is 0 Å². The number of rotatable bonds is 9. The smallest absolute Gasteiger partial charge is 0.0440 e. The van der Waals surface area contributed by atoms with Crippen molar-refractivity contribution in [2.75, 3.05) is 0 Å². The summed E-state index contributed by atoms with van der Waals surface area (Å²) >= 11 is 0. The van der Waals surface area contributed by atoms with Crippen LogP contribution in [0.2, 0.25) is 0 Å². The lowest BCUT2D eigenvalue weighted by atomic mass is 9.63. The minimum absolute atomic E-state index is 0.115. The molecule has 1 aliphatic rings. The Morgan fingerprint density at radius 1 is 1.09 bits per heavy atom. The van der Waals surface area contributed by atoms with Crippen molar-refractivity contribution in [3.05, 3.63) is 35.4 Å². The molecule has 130 valence electrons. The molecule has 1 aliphatic carbocycles. The molecule has 0 spiro atoms. The van der Waals surface area contributed by atoms with Crippen LogP contribution in [-0.2, 0) is 12.0 Å². The summed E-state index contributed by atoms with van der Waals surface area (Å²) in [6, 6.07) is 8.88.